The van der Waals surface area contributed by atoms with Gasteiger partial charge >= 0.3 is 0 Å². The van der Waals surface area contributed by atoms with Crippen LogP contribution in [-0.4, -0.2) is 13.7 Å². The number of ether oxygens (including phenoxy) is 1. The normalized spacial score (nSPS) is 9.36. The van der Waals surface area contributed by atoms with Crippen molar-refractivity contribution in [3.63, 3.8) is 0 Å². The molecule has 0 aromatic carbocycles. The Morgan fingerprint density at radius 1 is 1.27 bits per heavy atom. The van der Waals surface area contributed by atoms with E-state index in [1.54, 1.807) is 7.11 Å². The van der Waals surface area contributed by atoms with Gasteiger partial charge in [0.05, 0.1) is 0 Å². The lowest BCUT2D eigenvalue weighted by Crippen LogP contribution is -1.96. The number of methoxy groups -OCH3 is 1. The van der Waals surface area contributed by atoms with Gasteiger partial charge in [0.1, 0.15) is 0 Å². The van der Waals surface area contributed by atoms with Gasteiger partial charge < -0.3 is 4.74 Å². The fourth-order valence-corrected chi connectivity index (χ4v) is 0.333. The summed E-state index contributed by atoms with van der Waals surface area (Å²) in [4.78, 5) is 0. The second-order valence-electron chi connectivity index (χ2n) is 3.33. The maximum absolute atomic E-state index is 4.80. The first-order valence-electron chi connectivity index (χ1n) is 4.16. The summed E-state index contributed by atoms with van der Waals surface area (Å²) in [7, 11) is 1.72. The SMILES string of the molecule is C=CC(C)C.COCC(C)C. The molecule has 1 nitrogen and oxygen atoms in total. The molecule has 0 amide bonds. The lowest BCUT2D eigenvalue weighted by molar-refractivity contribution is 0.167. The largest absolute Gasteiger partial charge is 0.384 e. The van der Waals surface area contributed by atoms with Gasteiger partial charge in [-0.25, -0.2) is 0 Å². The molecule has 0 aliphatic heterocycles. The Bertz CT molecular complexity index is 74.9. The molecule has 0 aromatic heterocycles. The molecule has 0 saturated carbocycles. The zero-order valence-corrected chi connectivity index (χ0v) is 8.55. The third-order valence-electron chi connectivity index (χ3n) is 0.971. The highest BCUT2D eigenvalue weighted by molar-refractivity contribution is 4.69. The van der Waals surface area contributed by atoms with Crippen LogP contribution in [0.4, 0.5) is 0 Å². The van der Waals surface area contributed by atoms with Crippen LogP contribution < -0.4 is 0 Å². The van der Waals surface area contributed by atoms with E-state index in [1.807, 2.05) is 6.08 Å². The minimum atomic E-state index is 0.648. The second kappa shape index (κ2) is 9.70. The highest BCUT2D eigenvalue weighted by Crippen LogP contribution is 1.88. The summed E-state index contributed by atoms with van der Waals surface area (Å²) >= 11 is 0. The maximum Gasteiger partial charge on any atom is 0.0485 e. The van der Waals surface area contributed by atoms with E-state index in [0.717, 1.165) is 6.61 Å². The maximum atomic E-state index is 4.80. The molecule has 0 spiro atoms. The van der Waals surface area contributed by atoms with Crippen molar-refractivity contribution < 1.29 is 4.74 Å². The molecule has 0 radical (unpaired) electrons. The van der Waals surface area contributed by atoms with E-state index in [2.05, 4.69) is 34.3 Å². The standard InChI is InChI=1S/C5H12O.C5H10/c1-5(2)4-6-3;1-4-5(2)3/h5H,4H2,1-3H3;4-5H,1H2,2-3H3. The fraction of sp³-hybridized carbons (Fsp3) is 0.800. The van der Waals surface area contributed by atoms with E-state index < -0.39 is 0 Å². The Morgan fingerprint density at radius 3 is 1.64 bits per heavy atom. The molecule has 0 unspecified atom stereocenters. The van der Waals surface area contributed by atoms with Crippen LogP contribution in [0.3, 0.4) is 0 Å². The summed E-state index contributed by atoms with van der Waals surface area (Å²) < 4.78 is 4.80. The van der Waals surface area contributed by atoms with E-state index in [1.165, 1.54) is 0 Å². The fourth-order valence-electron chi connectivity index (χ4n) is 0.333. The van der Waals surface area contributed by atoms with E-state index >= 15 is 0 Å². The van der Waals surface area contributed by atoms with Crippen molar-refractivity contribution in [2.75, 3.05) is 13.7 Å². The van der Waals surface area contributed by atoms with E-state index in [4.69, 9.17) is 4.74 Å². The van der Waals surface area contributed by atoms with Crippen LogP contribution in [0.5, 0.6) is 0 Å². The smallest absolute Gasteiger partial charge is 0.0485 e. The van der Waals surface area contributed by atoms with Gasteiger partial charge in [0.2, 0.25) is 0 Å². The number of hydrogen-bond acceptors (Lipinski definition) is 1. The Balaban J connectivity index is 0. The van der Waals surface area contributed by atoms with Crippen LogP contribution >= 0.6 is 0 Å². The van der Waals surface area contributed by atoms with Crippen molar-refractivity contribution in [1.29, 1.82) is 0 Å². The second-order valence-corrected chi connectivity index (χ2v) is 3.33. The molecule has 11 heavy (non-hydrogen) atoms. The molecule has 0 saturated heterocycles. The Kier molecular flexibility index (Phi) is 11.7. The van der Waals surface area contributed by atoms with E-state index in [-0.39, 0.29) is 0 Å². The van der Waals surface area contributed by atoms with Gasteiger partial charge in [0.25, 0.3) is 0 Å². The van der Waals surface area contributed by atoms with Crippen molar-refractivity contribution in [3.05, 3.63) is 12.7 Å². The van der Waals surface area contributed by atoms with Crippen LogP contribution in [0.1, 0.15) is 27.7 Å². The van der Waals surface area contributed by atoms with Crippen LogP contribution in [0.2, 0.25) is 0 Å². The van der Waals surface area contributed by atoms with E-state index in [0.29, 0.717) is 11.8 Å². The molecule has 0 aromatic rings. The first-order valence-corrected chi connectivity index (χ1v) is 4.16. The predicted molar refractivity (Wildman–Crippen MR) is 51.7 cm³/mol. The molecule has 0 heterocycles. The molecule has 0 atom stereocenters. The van der Waals surface area contributed by atoms with Crippen molar-refractivity contribution in [1.82, 2.24) is 0 Å². The molecule has 1 heteroatoms. The first-order chi connectivity index (χ1) is 5.04. The lowest BCUT2D eigenvalue weighted by Gasteiger charge is -1.97. The van der Waals surface area contributed by atoms with Gasteiger partial charge in [-0.15, -0.1) is 6.58 Å². The van der Waals surface area contributed by atoms with Crippen LogP contribution in [0.15, 0.2) is 12.7 Å². The summed E-state index contributed by atoms with van der Waals surface area (Å²) in [5, 5.41) is 0. The lowest BCUT2D eigenvalue weighted by atomic mass is 10.2. The van der Waals surface area contributed by atoms with Crippen molar-refractivity contribution in [2.24, 2.45) is 11.8 Å². The Labute approximate surface area is 71.5 Å². The quantitative estimate of drug-likeness (QED) is 0.573. The number of rotatable bonds is 3. The molecule has 0 rings (SSSR count). The summed E-state index contributed by atoms with van der Waals surface area (Å²) in [6.45, 7) is 12.9. The zero-order valence-electron chi connectivity index (χ0n) is 8.55. The van der Waals surface area contributed by atoms with Gasteiger partial charge in [-0.3, -0.25) is 0 Å². The van der Waals surface area contributed by atoms with Crippen molar-refractivity contribution >= 4 is 0 Å². The Hall–Kier alpha value is -0.300. The molecule has 0 fully saturated rings. The molecule has 0 N–H and O–H groups in total. The van der Waals surface area contributed by atoms with Crippen molar-refractivity contribution in [2.45, 2.75) is 27.7 Å². The topological polar surface area (TPSA) is 9.23 Å². The Morgan fingerprint density at radius 2 is 1.64 bits per heavy atom. The van der Waals surface area contributed by atoms with Crippen LogP contribution in [-0.2, 0) is 4.74 Å². The van der Waals surface area contributed by atoms with Gasteiger partial charge in [-0.05, 0) is 11.8 Å². The first kappa shape index (κ1) is 13.3. The van der Waals surface area contributed by atoms with Gasteiger partial charge in [-0.2, -0.15) is 0 Å². The number of allylic oxidation sites excluding steroid dienone is 1. The summed E-state index contributed by atoms with van der Waals surface area (Å²) in [5.74, 6) is 1.32. The molecular weight excluding hydrogens is 136 g/mol. The van der Waals surface area contributed by atoms with Gasteiger partial charge in [0.15, 0.2) is 0 Å². The average molecular weight is 158 g/mol. The minimum Gasteiger partial charge on any atom is -0.384 e. The summed E-state index contributed by atoms with van der Waals surface area (Å²) in [6.07, 6.45) is 1.92. The van der Waals surface area contributed by atoms with Gasteiger partial charge in [0, 0.05) is 13.7 Å². The molecular formula is C10H22O. The van der Waals surface area contributed by atoms with Crippen molar-refractivity contribution in [3.8, 4) is 0 Å². The van der Waals surface area contributed by atoms with Crippen LogP contribution in [0.25, 0.3) is 0 Å². The molecule has 0 aliphatic rings. The average Bonchev–Trinajstić information content (AvgIpc) is 1.89. The summed E-state index contributed by atoms with van der Waals surface area (Å²) in [5.41, 5.74) is 0. The summed E-state index contributed by atoms with van der Waals surface area (Å²) in [6, 6.07) is 0. The number of hydrogen-bond donors (Lipinski definition) is 0. The van der Waals surface area contributed by atoms with Gasteiger partial charge in [-0.1, -0.05) is 33.8 Å². The zero-order chi connectivity index (χ0) is 9.28. The monoisotopic (exact) mass is 158 g/mol. The highest BCUT2D eigenvalue weighted by Gasteiger charge is 1.85. The third kappa shape index (κ3) is 26.0. The highest BCUT2D eigenvalue weighted by atomic mass is 16.5. The minimum absolute atomic E-state index is 0.648. The molecule has 0 aliphatic carbocycles. The molecule has 68 valence electrons. The third-order valence-corrected chi connectivity index (χ3v) is 0.971. The predicted octanol–water partition coefficient (Wildman–Crippen LogP) is 3.12. The molecule has 0 bridgehead atoms. The van der Waals surface area contributed by atoms with E-state index in [9.17, 15) is 0 Å². The van der Waals surface area contributed by atoms with Crippen LogP contribution in [0, 0.1) is 11.8 Å².